The molecule has 1 N–H and O–H groups in total. The van der Waals surface area contributed by atoms with E-state index in [2.05, 4.69) is 15.3 Å². The molecule has 0 spiro atoms. The van der Waals surface area contributed by atoms with Crippen LogP contribution < -0.4 is 10.1 Å². The van der Waals surface area contributed by atoms with Gasteiger partial charge >= 0.3 is 5.97 Å². The van der Waals surface area contributed by atoms with Gasteiger partial charge in [0.1, 0.15) is 5.75 Å². The summed E-state index contributed by atoms with van der Waals surface area (Å²) in [7, 11) is 1.59. The van der Waals surface area contributed by atoms with E-state index in [4.69, 9.17) is 9.47 Å². The number of thioether (sulfide) groups is 1. The highest BCUT2D eigenvalue weighted by atomic mass is 32.2. The van der Waals surface area contributed by atoms with Crippen molar-refractivity contribution in [2.45, 2.75) is 25.5 Å². The number of methoxy groups -OCH3 is 1. The van der Waals surface area contributed by atoms with Crippen LogP contribution in [0.3, 0.4) is 0 Å². The molecule has 2 aromatic rings. The molecule has 0 atom stereocenters. The summed E-state index contributed by atoms with van der Waals surface area (Å²) in [5.41, 5.74) is 2.60. The molecule has 0 fully saturated rings. The predicted octanol–water partition coefficient (Wildman–Crippen LogP) is 2.05. The number of amides is 1. The number of hydrogen-bond donors (Lipinski definition) is 1. The van der Waals surface area contributed by atoms with E-state index in [1.807, 2.05) is 44.2 Å². The Morgan fingerprint density at radius 2 is 1.77 bits per heavy atom. The van der Waals surface area contributed by atoms with Gasteiger partial charge in [0.05, 0.1) is 12.9 Å². The Morgan fingerprint density at radius 1 is 1.12 bits per heavy atom. The Morgan fingerprint density at radius 3 is 2.38 bits per heavy atom. The number of aromatic nitrogens is 2. The summed E-state index contributed by atoms with van der Waals surface area (Å²) in [5, 5.41) is 3.21. The van der Waals surface area contributed by atoms with Crippen LogP contribution in [-0.4, -0.2) is 41.3 Å². The minimum absolute atomic E-state index is 0.0503. The zero-order valence-electron chi connectivity index (χ0n) is 14.9. The van der Waals surface area contributed by atoms with Crippen molar-refractivity contribution in [1.82, 2.24) is 15.3 Å². The van der Waals surface area contributed by atoms with Crippen molar-refractivity contribution in [3.63, 3.8) is 0 Å². The van der Waals surface area contributed by atoms with Crippen molar-refractivity contribution in [3.05, 3.63) is 47.3 Å². The lowest BCUT2D eigenvalue weighted by molar-refractivity contribution is -0.145. The minimum atomic E-state index is -0.489. The summed E-state index contributed by atoms with van der Waals surface area (Å²) in [6, 6.07) is 9.19. The number of esters is 1. The fraction of sp³-hybridized carbons (Fsp3) is 0.333. The number of nitrogens with one attached hydrogen (secondary N) is 1. The molecule has 0 aliphatic rings. The standard InChI is InChI=1S/C18H21N3O4S/c1-12-8-13(2)21-18(20-12)26-11-17(23)25-10-16(22)19-9-14-4-6-15(24-3)7-5-14/h4-8H,9-11H2,1-3H3,(H,19,22). The maximum atomic E-state index is 11.8. The molecule has 138 valence electrons. The first-order valence-corrected chi connectivity index (χ1v) is 8.95. The first kappa shape index (κ1) is 19.7. The first-order chi connectivity index (χ1) is 12.5. The Hall–Kier alpha value is -2.61. The summed E-state index contributed by atoms with van der Waals surface area (Å²) in [6.07, 6.45) is 0. The molecule has 1 aromatic heterocycles. The zero-order chi connectivity index (χ0) is 18.9. The third kappa shape index (κ3) is 6.72. The van der Waals surface area contributed by atoms with Gasteiger partial charge in [0, 0.05) is 17.9 Å². The van der Waals surface area contributed by atoms with Crippen LogP contribution in [0.25, 0.3) is 0 Å². The van der Waals surface area contributed by atoms with Crippen molar-refractivity contribution < 1.29 is 19.1 Å². The van der Waals surface area contributed by atoms with Crippen LogP contribution in [-0.2, 0) is 20.9 Å². The van der Waals surface area contributed by atoms with E-state index in [0.717, 1.165) is 22.7 Å². The topological polar surface area (TPSA) is 90.4 Å². The lowest BCUT2D eigenvalue weighted by Crippen LogP contribution is -2.28. The Kier molecular flexibility index (Phi) is 7.40. The highest BCUT2D eigenvalue weighted by Crippen LogP contribution is 2.14. The van der Waals surface area contributed by atoms with Crippen LogP contribution in [0.1, 0.15) is 17.0 Å². The Bertz CT molecular complexity index is 745. The molecule has 1 heterocycles. The van der Waals surface area contributed by atoms with Gasteiger partial charge in [-0.1, -0.05) is 23.9 Å². The van der Waals surface area contributed by atoms with Crippen molar-refractivity contribution in [1.29, 1.82) is 0 Å². The van der Waals surface area contributed by atoms with E-state index in [1.165, 1.54) is 11.8 Å². The number of aryl methyl sites for hydroxylation is 2. The zero-order valence-corrected chi connectivity index (χ0v) is 15.8. The maximum Gasteiger partial charge on any atom is 0.316 e. The number of hydrogen-bond acceptors (Lipinski definition) is 7. The second-order valence-electron chi connectivity index (χ2n) is 5.51. The van der Waals surface area contributed by atoms with Crippen LogP contribution in [0, 0.1) is 13.8 Å². The predicted molar refractivity (Wildman–Crippen MR) is 98.0 cm³/mol. The average Bonchev–Trinajstić information content (AvgIpc) is 2.62. The van der Waals surface area contributed by atoms with Gasteiger partial charge in [0.15, 0.2) is 11.8 Å². The van der Waals surface area contributed by atoms with E-state index in [1.54, 1.807) is 7.11 Å². The first-order valence-electron chi connectivity index (χ1n) is 7.96. The van der Waals surface area contributed by atoms with Crippen LogP contribution in [0.5, 0.6) is 5.75 Å². The molecule has 0 bridgehead atoms. The molecule has 0 unspecified atom stereocenters. The summed E-state index contributed by atoms with van der Waals surface area (Å²) in [5.74, 6) is -0.0484. The Balaban J connectivity index is 1.68. The second-order valence-corrected chi connectivity index (χ2v) is 6.45. The van der Waals surface area contributed by atoms with Gasteiger partial charge in [-0.15, -0.1) is 0 Å². The lowest BCUT2D eigenvalue weighted by atomic mass is 10.2. The number of rotatable bonds is 8. The summed E-state index contributed by atoms with van der Waals surface area (Å²) < 4.78 is 10.0. The van der Waals surface area contributed by atoms with Crippen LogP contribution in [0.4, 0.5) is 0 Å². The number of carbonyl (C=O) groups is 2. The van der Waals surface area contributed by atoms with Crippen LogP contribution in [0.2, 0.25) is 0 Å². The van der Waals surface area contributed by atoms with Gasteiger partial charge < -0.3 is 14.8 Å². The molecule has 2 rings (SSSR count). The van der Waals surface area contributed by atoms with Gasteiger partial charge in [0.2, 0.25) is 0 Å². The largest absolute Gasteiger partial charge is 0.497 e. The molecule has 1 aromatic carbocycles. The Labute approximate surface area is 156 Å². The molecule has 26 heavy (non-hydrogen) atoms. The van der Waals surface area contributed by atoms with Gasteiger partial charge in [-0.25, -0.2) is 9.97 Å². The molecule has 0 saturated carbocycles. The SMILES string of the molecule is COc1ccc(CNC(=O)COC(=O)CSc2nc(C)cc(C)n2)cc1. The minimum Gasteiger partial charge on any atom is -0.497 e. The molecular weight excluding hydrogens is 354 g/mol. The molecular formula is C18H21N3O4S. The quantitative estimate of drug-likeness (QED) is 0.429. The van der Waals surface area contributed by atoms with Crippen LogP contribution in [0.15, 0.2) is 35.5 Å². The lowest BCUT2D eigenvalue weighted by Gasteiger charge is -2.07. The van der Waals surface area contributed by atoms with Gasteiger partial charge in [-0.3, -0.25) is 9.59 Å². The number of nitrogens with zero attached hydrogens (tertiary/aromatic N) is 2. The van der Waals surface area contributed by atoms with E-state index in [9.17, 15) is 9.59 Å². The molecule has 0 radical (unpaired) electrons. The van der Waals surface area contributed by atoms with Crippen molar-refractivity contribution in [2.24, 2.45) is 0 Å². The third-order valence-corrected chi connectivity index (χ3v) is 4.11. The highest BCUT2D eigenvalue weighted by molar-refractivity contribution is 7.99. The van der Waals surface area contributed by atoms with E-state index < -0.39 is 5.97 Å². The highest BCUT2D eigenvalue weighted by Gasteiger charge is 2.10. The fourth-order valence-corrected chi connectivity index (χ4v) is 2.81. The summed E-state index contributed by atoms with van der Waals surface area (Å²) in [6.45, 7) is 3.77. The number of ether oxygens (including phenoxy) is 2. The molecule has 0 saturated heterocycles. The van der Waals surface area contributed by atoms with Crippen molar-refractivity contribution in [3.8, 4) is 5.75 Å². The van der Waals surface area contributed by atoms with Gasteiger partial charge in [-0.05, 0) is 37.6 Å². The van der Waals surface area contributed by atoms with E-state index >= 15 is 0 Å². The number of benzene rings is 1. The van der Waals surface area contributed by atoms with Crippen LogP contribution >= 0.6 is 11.8 Å². The van der Waals surface area contributed by atoms with E-state index in [-0.39, 0.29) is 18.3 Å². The molecule has 7 nitrogen and oxygen atoms in total. The summed E-state index contributed by atoms with van der Waals surface area (Å²) >= 11 is 1.18. The van der Waals surface area contributed by atoms with Crippen molar-refractivity contribution in [2.75, 3.05) is 19.5 Å². The smallest absolute Gasteiger partial charge is 0.316 e. The third-order valence-electron chi connectivity index (χ3n) is 3.29. The molecule has 8 heteroatoms. The molecule has 0 aliphatic carbocycles. The fourth-order valence-electron chi connectivity index (χ4n) is 2.06. The molecule has 1 amide bonds. The van der Waals surface area contributed by atoms with E-state index in [0.29, 0.717) is 11.7 Å². The van der Waals surface area contributed by atoms with Gasteiger partial charge in [-0.2, -0.15) is 0 Å². The summed E-state index contributed by atoms with van der Waals surface area (Å²) in [4.78, 5) is 32.0. The normalized spacial score (nSPS) is 10.3. The monoisotopic (exact) mass is 375 g/mol. The average molecular weight is 375 g/mol. The van der Waals surface area contributed by atoms with Gasteiger partial charge in [0.25, 0.3) is 5.91 Å². The second kappa shape index (κ2) is 9.76. The maximum absolute atomic E-state index is 11.8. The number of carbonyl (C=O) groups excluding carboxylic acids is 2. The molecule has 0 aliphatic heterocycles. The van der Waals surface area contributed by atoms with Crippen molar-refractivity contribution >= 4 is 23.6 Å².